The van der Waals surface area contributed by atoms with E-state index in [9.17, 15) is 4.57 Å². The largest absolute Gasteiger partial charge is 0.697 e. The van der Waals surface area contributed by atoms with Crippen LogP contribution in [0.5, 0.6) is 0 Å². The fourth-order valence-electron chi connectivity index (χ4n) is 0.966. The normalized spacial score (nSPS) is 11.6. The number of allylic oxidation sites excluding steroid dienone is 2. The van der Waals surface area contributed by atoms with Gasteiger partial charge in [-0.15, -0.1) is 33.7 Å². The third-order valence-corrected chi connectivity index (χ3v) is 2.55. The van der Waals surface area contributed by atoms with Gasteiger partial charge in [0.25, 0.3) is 0 Å². The highest BCUT2D eigenvalue weighted by molar-refractivity contribution is 7.33. The lowest BCUT2D eigenvalue weighted by atomic mass is 10.3. The Balaban J connectivity index is 3.39. The van der Waals surface area contributed by atoms with Crippen LogP contribution in [0.15, 0.2) is 24.3 Å². The van der Waals surface area contributed by atoms with Gasteiger partial charge >= 0.3 is 8.25 Å². The molecule has 0 saturated carbocycles. The molecule has 3 nitrogen and oxygen atoms in total. The lowest BCUT2D eigenvalue weighted by molar-refractivity contribution is 0.231. The molecule has 0 rings (SSSR count). The van der Waals surface area contributed by atoms with Crippen LogP contribution in [0, 0.1) is 24.7 Å². The quantitative estimate of drug-likeness (QED) is 0.262. The van der Waals surface area contributed by atoms with Crippen molar-refractivity contribution >= 4 is 8.25 Å². The van der Waals surface area contributed by atoms with E-state index in [-0.39, 0.29) is 0 Å². The van der Waals surface area contributed by atoms with E-state index in [2.05, 4.69) is 11.8 Å². The van der Waals surface area contributed by atoms with Crippen LogP contribution in [0.25, 0.3) is 0 Å². The molecule has 0 N–H and O–H groups in total. The summed E-state index contributed by atoms with van der Waals surface area (Å²) in [6.07, 6.45) is 20.2. The maximum Gasteiger partial charge on any atom is 0.697 e. The first-order valence-electron chi connectivity index (χ1n) is 5.71. The van der Waals surface area contributed by atoms with Gasteiger partial charge in [-0.25, -0.2) is 0 Å². The van der Waals surface area contributed by atoms with Crippen LogP contribution < -0.4 is 0 Å². The molecule has 0 amide bonds. The average molecular weight is 265 g/mol. The molecule has 0 spiro atoms. The second-order valence-corrected chi connectivity index (χ2v) is 4.19. The molecule has 0 heterocycles. The molecular weight excluding hydrogens is 247 g/mol. The van der Waals surface area contributed by atoms with Gasteiger partial charge in [0, 0.05) is 17.4 Å². The summed E-state index contributed by atoms with van der Waals surface area (Å²) in [5, 5.41) is 0. The van der Waals surface area contributed by atoms with Crippen molar-refractivity contribution in [2.24, 2.45) is 0 Å². The summed E-state index contributed by atoms with van der Waals surface area (Å²) in [7, 11) is -2.03. The fourth-order valence-corrected chi connectivity index (χ4v) is 1.55. The van der Waals surface area contributed by atoms with E-state index < -0.39 is 8.25 Å². The Morgan fingerprint density at radius 3 is 1.72 bits per heavy atom. The van der Waals surface area contributed by atoms with E-state index in [1.807, 2.05) is 24.3 Å². The molecule has 0 aliphatic carbocycles. The van der Waals surface area contributed by atoms with Gasteiger partial charge in [-0.05, 0) is 12.8 Å². The summed E-state index contributed by atoms with van der Waals surface area (Å²) in [5.41, 5.74) is 0. The van der Waals surface area contributed by atoms with Crippen LogP contribution >= 0.6 is 8.25 Å². The van der Waals surface area contributed by atoms with E-state index in [4.69, 9.17) is 21.9 Å². The highest BCUT2D eigenvalue weighted by atomic mass is 31.1. The van der Waals surface area contributed by atoms with Gasteiger partial charge in [0.1, 0.15) is 13.2 Å². The number of hydrogen-bond acceptors (Lipinski definition) is 3. The zero-order chi connectivity index (χ0) is 13.5. The van der Waals surface area contributed by atoms with Crippen LogP contribution in [0.2, 0.25) is 0 Å². The average Bonchev–Trinajstić information content (AvgIpc) is 2.38. The molecule has 0 aliphatic rings. The van der Waals surface area contributed by atoms with Gasteiger partial charge in [-0.2, -0.15) is 0 Å². The SMILES string of the molecule is C#CCC=CCCO[P+](=O)OCCC=CCC#C. The van der Waals surface area contributed by atoms with Crippen molar-refractivity contribution in [2.75, 3.05) is 13.2 Å². The van der Waals surface area contributed by atoms with Gasteiger partial charge in [0.15, 0.2) is 0 Å². The molecular formula is C14H18O3P+. The molecule has 18 heavy (non-hydrogen) atoms. The lowest BCUT2D eigenvalue weighted by Gasteiger charge is -1.89. The zero-order valence-corrected chi connectivity index (χ0v) is 11.3. The molecule has 0 unspecified atom stereocenters. The molecule has 0 aromatic carbocycles. The van der Waals surface area contributed by atoms with Crippen molar-refractivity contribution in [3.63, 3.8) is 0 Å². The van der Waals surface area contributed by atoms with Crippen LogP contribution in [0.4, 0.5) is 0 Å². The van der Waals surface area contributed by atoms with Crippen LogP contribution in [0.3, 0.4) is 0 Å². The Morgan fingerprint density at radius 1 is 0.889 bits per heavy atom. The predicted octanol–water partition coefficient (Wildman–Crippen LogP) is 3.62. The monoisotopic (exact) mass is 265 g/mol. The number of rotatable bonds is 10. The lowest BCUT2D eigenvalue weighted by Crippen LogP contribution is -1.89. The number of terminal acetylenes is 2. The highest BCUT2D eigenvalue weighted by Gasteiger charge is 2.18. The van der Waals surface area contributed by atoms with E-state index in [1.165, 1.54) is 0 Å². The summed E-state index contributed by atoms with van der Waals surface area (Å²) in [5.74, 6) is 4.97. The predicted molar refractivity (Wildman–Crippen MR) is 73.9 cm³/mol. The first-order chi connectivity index (χ1) is 8.81. The van der Waals surface area contributed by atoms with Crippen molar-refractivity contribution in [1.29, 1.82) is 0 Å². The topological polar surface area (TPSA) is 35.5 Å². The molecule has 0 aliphatic heterocycles. The highest BCUT2D eigenvalue weighted by Crippen LogP contribution is 2.23. The van der Waals surface area contributed by atoms with Crippen LogP contribution in [-0.2, 0) is 13.6 Å². The first kappa shape index (κ1) is 16.6. The molecule has 0 aromatic rings. The van der Waals surface area contributed by atoms with Crippen molar-refractivity contribution < 1.29 is 13.6 Å². The van der Waals surface area contributed by atoms with Gasteiger partial charge in [0.2, 0.25) is 0 Å². The van der Waals surface area contributed by atoms with Crippen LogP contribution in [-0.4, -0.2) is 13.2 Å². The molecule has 0 atom stereocenters. The minimum absolute atomic E-state index is 0.364. The Kier molecular flexibility index (Phi) is 12.6. The minimum atomic E-state index is -2.03. The van der Waals surface area contributed by atoms with E-state index in [0.717, 1.165) is 0 Å². The molecule has 0 aromatic heterocycles. The third-order valence-electron chi connectivity index (χ3n) is 1.77. The van der Waals surface area contributed by atoms with E-state index in [1.54, 1.807) is 0 Å². The second kappa shape index (κ2) is 13.7. The Labute approximate surface area is 110 Å². The van der Waals surface area contributed by atoms with Gasteiger partial charge in [-0.3, -0.25) is 0 Å². The summed E-state index contributed by atoms with van der Waals surface area (Å²) in [6.45, 7) is 0.729. The van der Waals surface area contributed by atoms with Crippen LogP contribution in [0.1, 0.15) is 25.7 Å². The molecule has 0 bridgehead atoms. The molecule has 96 valence electrons. The Morgan fingerprint density at radius 2 is 1.33 bits per heavy atom. The smallest absolute Gasteiger partial charge is 0.120 e. The molecule has 0 fully saturated rings. The molecule has 4 heteroatoms. The summed E-state index contributed by atoms with van der Waals surface area (Å²) < 4.78 is 21.2. The summed E-state index contributed by atoms with van der Waals surface area (Å²) in [4.78, 5) is 0. The zero-order valence-electron chi connectivity index (χ0n) is 10.4. The van der Waals surface area contributed by atoms with Crippen molar-refractivity contribution in [3.8, 4) is 24.7 Å². The summed E-state index contributed by atoms with van der Waals surface area (Å²) in [6, 6.07) is 0. The number of hydrogen-bond donors (Lipinski definition) is 0. The van der Waals surface area contributed by atoms with Crippen molar-refractivity contribution in [1.82, 2.24) is 0 Å². The van der Waals surface area contributed by atoms with E-state index >= 15 is 0 Å². The molecule has 0 saturated heterocycles. The Bertz CT molecular complexity index is 324. The maximum atomic E-state index is 11.2. The van der Waals surface area contributed by atoms with Gasteiger partial charge < -0.3 is 0 Å². The maximum absolute atomic E-state index is 11.2. The second-order valence-electron chi connectivity index (χ2n) is 3.23. The minimum Gasteiger partial charge on any atom is -0.120 e. The standard InChI is InChI=1S/C14H18O3P/c1-3-5-7-9-11-13-16-18(15)17-14-12-10-8-6-4-2/h1-2,7-10H,5-6,11-14H2/q+1. The first-order valence-corrected chi connectivity index (χ1v) is 6.80. The van der Waals surface area contributed by atoms with Crippen molar-refractivity contribution in [2.45, 2.75) is 25.7 Å². The molecule has 0 radical (unpaired) electrons. The van der Waals surface area contributed by atoms with E-state index in [0.29, 0.717) is 38.9 Å². The van der Waals surface area contributed by atoms with Gasteiger partial charge in [-0.1, -0.05) is 24.3 Å². The fraction of sp³-hybridized carbons (Fsp3) is 0.429. The third kappa shape index (κ3) is 12.7. The van der Waals surface area contributed by atoms with Crippen molar-refractivity contribution in [3.05, 3.63) is 24.3 Å². The Hall–Kier alpha value is -1.38. The summed E-state index contributed by atoms with van der Waals surface area (Å²) >= 11 is 0. The van der Waals surface area contributed by atoms with Gasteiger partial charge in [0.05, 0.1) is 0 Å².